The van der Waals surface area contributed by atoms with Crippen LogP contribution < -0.4 is 15.1 Å². The molecule has 0 atom stereocenters. The average Bonchev–Trinajstić information content (AvgIpc) is 2.75. The monoisotopic (exact) mass is 361 g/mol. The van der Waals surface area contributed by atoms with E-state index in [-0.39, 0.29) is 5.91 Å². The van der Waals surface area contributed by atoms with Crippen LogP contribution in [0.25, 0.3) is 0 Å². The van der Waals surface area contributed by atoms with Crippen molar-refractivity contribution in [3.63, 3.8) is 0 Å². The van der Waals surface area contributed by atoms with Crippen molar-refractivity contribution < 1.29 is 4.79 Å². The highest BCUT2D eigenvalue weighted by molar-refractivity contribution is 6.02. The van der Waals surface area contributed by atoms with Crippen LogP contribution in [0.1, 0.15) is 10.5 Å². The van der Waals surface area contributed by atoms with E-state index in [1.165, 1.54) is 0 Å². The number of nitrogens with zero attached hydrogens (tertiary/aromatic N) is 6. The van der Waals surface area contributed by atoms with Crippen molar-refractivity contribution in [2.24, 2.45) is 0 Å². The normalized spacial score (nSPS) is 14.1. The number of hydrogen-bond acceptors (Lipinski definition) is 7. The summed E-state index contributed by atoms with van der Waals surface area (Å²) in [6.45, 7) is 3.20. The number of aromatic nitrogens is 4. The lowest BCUT2D eigenvalue weighted by Gasteiger charge is -2.35. The van der Waals surface area contributed by atoms with Gasteiger partial charge < -0.3 is 15.1 Å². The number of carbonyl (C=O) groups excluding carboxylic acids is 1. The number of piperazine rings is 1. The van der Waals surface area contributed by atoms with E-state index in [0.29, 0.717) is 5.69 Å². The SMILES string of the molecule is O=C(Nc1ccccc1)c1ccc(N2CCN(c3ncccn3)CC2)nn1. The second-order valence-corrected chi connectivity index (χ2v) is 6.12. The lowest BCUT2D eigenvalue weighted by atomic mass is 10.3. The summed E-state index contributed by atoms with van der Waals surface area (Å²) in [7, 11) is 0. The van der Waals surface area contributed by atoms with Crippen LogP contribution in [0.15, 0.2) is 60.9 Å². The topological polar surface area (TPSA) is 87.1 Å². The minimum Gasteiger partial charge on any atom is -0.352 e. The lowest BCUT2D eigenvalue weighted by Crippen LogP contribution is -2.47. The molecule has 136 valence electrons. The van der Waals surface area contributed by atoms with Crippen LogP contribution in [0.2, 0.25) is 0 Å². The molecule has 1 amide bonds. The van der Waals surface area contributed by atoms with Gasteiger partial charge in [-0.15, -0.1) is 10.2 Å². The molecule has 0 unspecified atom stereocenters. The van der Waals surface area contributed by atoms with Crippen LogP contribution in [-0.4, -0.2) is 52.3 Å². The Balaban J connectivity index is 1.36. The molecular weight excluding hydrogens is 342 g/mol. The maximum absolute atomic E-state index is 12.3. The van der Waals surface area contributed by atoms with Crippen molar-refractivity contribution >= 4 is 23.4 Å². The van der Waals surface area contributed by atoms with Gasteiger partial charge in [-0.2, -0.15) is 0 Å². The zero-order chi connectivity index (χ0) is 18.5. The highest BCUT2D eigenvalue weighted by Crippen LogP contribution is 2.16. The zero-order valence-electron chi connectivity index (χ0n) is 14.7. The van der Waals surface area contributed by atoms with E-state index >= 15 is 0 Å². The van der Waals surface area contributed by atoms with Gasteiger partial charge in [0, 0.05) is 44.3 Å². The second-order valence-electron chi connectivity index (χ2n) is 6.12. The Morgan fingerprint density at radius 1 is 0.815 bits per heavy atom. The van der Waals surface area contributed by atoms with Gasteiger partial charge in [0.25, 0.3) is 5.91 Å². The Bertz CT molecular complexity index is 879. The summed E-state index contributed by atoms with van der Waals surface area (Å²) in [4.78, 5) is 25.1. The second kappa shape index (κ2) is 7.77. The fourth-order valence-electron chi connectivity index (χ4n) is 2.92. The number of amides is 1. The maximum atomic E-state index is 12.3. The van der Waals surface area contributed by atoms with Gasteiger partial charge >= 0.3 is 0 Å². The molecular formula is C19H19N7O. The number of benzene rings is 1. The summed E-state index contributed by atoms with van der Waals surface area (Å²) in [6.07, 6.45) is 3.50. The Labute approximate surface area is 156 Å². The number of rotatable bonds is 4. The molecule has 0 bridgehead atoms. The molecule has 1 saturated heterocycles. The van der Waals surface area contributed by atoms with E-state index in [1.807, 2.05) is 42.5 Å². The zero-order valence-corrected chi connectivity index (χ0v) is 14.7. The van der Waals surface area contributed by atoms with Crippen LogP contribution in [0.3, 0.4) is 0 Å². The van der Waals surface area contributed by atoms with E-state index in [4.69, 9.17) is 0 Å². The summed E-state index contributed by atoms with van der Waals surface area (Å²) in [5.74, 6) is 1.24. The van der Waals surface area contributed by atoms with E-state index in [0.717, 1.165) is 43.6 Å². The first-order valence-corrected chi connectivity index (χ1v) is 8.77. The highest BCUT2D eigenvalue weighted by Gasteiger charge is 2.20. The Morgan fingerprint density at radius 2 is 1.52 bits per heavy atom. The molecule has 4 rings (SSSR count). The van der Waals surface area contributed by atoms with Crippen molar-refractivity contribution in [2.45, 2.75) is 0 Å². The molecule has 1 aliphatic rings. The van der Waals surface area contributed by atoms with E-state index in [2.05, 4.69) is 35.3 Å². The predicted molar refractivity (Wildman–Crippen MR) is 103 cm³/mol. The molecule has 1 N–H and O–H groups in total. The van der Waals surface area contributed by atoms with Crippen molar-refractivity contribution in [2.75, 3.05) is 41.3 Å². The van der Waals surface area contributed by atoms with Crippen molar-refractivity contribution in [1.82, 2.24) is 20.2 Å². The van der Waals surface area contributed by atoms with Gasteiger partial charge in [-0.3, -0.25) is 4.79 Å². The number of anilines is 3. The van der Waals surface area contributed by atoms with Gasteiger partial charge in [0.15, 0.2) is 11.5 Å². The van der Waals surface area contributed by atoms with Crippen LogP contribution >= 0.6 is 0 Å². The molecule has 2 aromatic heterocycles. The Kier molecular flexibility index (Phi) is 4.86. The molecule has 1 fully saturated rings. The van der Waals surface area contributed by atoms with Crippen LogP contribution in [0, 0.1) is 0 Å². The molecule has 3 aromatic rings. The fraction of sp³-hybridized carbons (Fsp3) is 0.211. The van der Waals surface area contributed by atoms with Crippen LogP contribution in [0.4, 0.5) is 17.5 Å². The minimum absolute atomic E-state index is 0.272. The number of para-hydroxylation sites is 1. The third kappa shape index (κ3) is 4.00. The van der Waals surface area contributed by atoms with Crippen molar-refractivity contribution in [3.05, 3.63) is 66.6 Å². The molecule has 1 aliphatic heterocycles. The molecule has 0 spiro atoms. The van der Waals surface area contributed by atoms with Crippen LogP contribution in [-0.2, 0) is 0 Å². The number of nitrogens with one attached hydrogen (secondary N) is 1. The quantitative estimate of drug-likeness (QED) is 0.759. The Morgan fingerprint density at radius 3 is 2.19 bits per heavy atom. The summed E-state index contributed by atoms with van der Waals surface area (Å²) in [5, 5.41) is 11.1. The first-order chi connectivity index (χ1) is 13.3. The molecule has 27 heavy (non-hydrogen) atoms. The van der Waals surface area contributed by atoms with Gasteiger partial charge in [0.2, 0.25) is 5.95 Å². The predicted octanol–water partition coefficient (Wildman–Crippen LogP) is 1.85. The third-order valence-corrected chi connectivity index (χ3v) is 4.35. The van der Waals surface area contributed by atoms with Gasteiger partial charge in [0.1, 0.15) is 0 Å². The summed E-state index contributed by atoms with van der Waals surface area (Å²) < 4.78 is 0. The number of hydrogen-bond donors (Lipinski definition) is 1. The fourth-order valence-corrected chi connectivity index (χ4v) is 2.92. The third-order valence-electron chi connectivity index (χ3n) is 4.35. The largest absolute Gasteiger partial charge is 0.352 e. The number of carbonyl (C=O) groups is 1. The van der Waals surface area contributed by atoms with Crippen molar-refractivity contribution in [1.29, 1.82) is 0 Å². The first kappa shape index (κ1) is 16.9. The minimum atomic E-state index is -0.272. The van der Waals surface area contributed by atoms with Gasteiger partial charge in [0.05, 0.1) is 0 Å². The lowest BCUT2D eigenvalue weighted by molar-refractivity contribution is 0.102. The van der Waals surface area contributed by atoms with Gasteiger partial charge in [-0.25, -0.2) is 9.97 Å². The molecule has 3 heterocycles. The summed E-state index contributed by atoms with van der Waals surface area (Å²) in [5.41, 5.74) is 1.02. The molecule has 0 aliphatic carbocycles. The van der Waals surface area contributed by atoms with Crippen LogP contribution in [0.5, 0.6) is 0 Å². The summed E-state index contributed by atoms with van der Waals surface area (Å²) >= 11 is 0. The maximum Gasteiger partial charge on any atom is 0.276 e. The van der Waals surface area contributed by atoms with Gasteiger partial charge in [-0.1, -0.05) is 18.2 Å². The highest BCUT2D eigenvalue weighted by atomic mass is 16.1. The Hall–Kier alpha value is -3.55. The molecule has 0 saturated carbocycles. The molecule has 8 nitrogen and oxygen atoms in total. The van der Waals surface area contributed by atoms with E-state index in [1.54, 1.807) is 18.5 Å². The van der Waals surface area contributed by atoms with E-state index in [9.17, 15) is 4.79 Å². The van der Waals surface area contributed by atoms with Crippen molar-refractivity contribution in [3.8, 4) is 0 Å². The standard InChI is InChI=1S/C19H19N7O/c27-18(22-15-5-2-1-3-6-15)16-7-8-17(24-23-16)25-11-13-26(14-12-25)19-20-9-4-10-21-19/h1-10H,11-14H2,(H,22,27). The summed E-state index contributed by atoms with van der Waals surface area (Å²) in [6, 6.07) is 14.6. The average molecular weight is 361 g/mol. The molecule has 1 aromatic carbocycles. The van der Waals surface area contributed by atoms with Gasteiger partial charge in [-0.05, 0) is 30.3 Å². The molecule has 8 heteroatoms. The smallest absolute Gasteiger partial charge is 0.276 e. The van der Waals surface area contributed by atoms with E-state index < -0.39 is 0 Å². The first-order valence-electron chi connectivity index (χ1n) is 8.77. The molecule has 0 radical (unpaired) electrons.